The highest BCUT2D eigenvalue weighted by Crippen LogP contribution is 2.41. The molecular weight excluding hydrogens is 410 g/mol. The third-order valence-electron chi connectivity index (χ3n) is 5.83. The first-order valence-corrected chi connectivity index (χ1v) is 11.1. The SMILES string of the molecule is COC(=O)c1ccc([C@H]2NC(=O)c3c(sc4c3CCN(Cc3ccccc3)C4)N2)cc1. The summed E-state index contributed by atoms with van der Waals surface area (Å²) in [5.74, 6) is -0.412. The molecule has 3 heterocycles. The molecule has 0 unspecified atom stereocenters. The molecule has 1 atom stereocenters. The number of hydrogen-bond donors (Lipinski definition) is 2. The van der Waals surface area contributed by atoms with Crippen molar-refractivity contribution < 1.29 is 14.3 Å². The van der Waals surface area contributed by atoms with Crippen LogP contribution < -0.4 is 10.6 Å². The minimum atomic E-state index is -0.375. The number of rotatable bonds is 4. The lowest BCUT2D eigenvalue weighted by atomic mass is 9.99. The Labute approximate surface area is 184 Å². The molecule has 0 bridgehead atoms. The van der Waals surface area contributed by atoms with Gasteiger partial charge in [-0.15, -0.1) is 11.3 Å². The zero-order valence-corrected chi connectivity index (χ0v) is 18.0. The first-order chi connectivity index (χ1) is 15.1. The van der Waals surface area contributed by atoms with Crippen LogP contribution in [0.2, 0.25) is 0 Å². The molecule has 0 fully saturated rings. The molecule has 31 heavy (non-hydrogen) atoms. The average molecular weight is 434 g/mol. The maximum Gasteiger partial charge on any atom is 0.337 e. The zero-order chi connectivity index (χ0) is 21.4. The van der Waals surface area contributed by atoms with E-state index in [4.69, 9.17) is 4.74 Å². The number of nitrogens with one attached hydrogen (secondary N) is 2. The molecule has 0 saturated heterocycles. The van der Waals surface area contributed by atoms with Gasteiger partial charge in [-0.2, -0.15) is 0 Å². The van der Waals surface area contributed by atoms with Gasteiger partial charge in [-0.05, 0) is 35.2 Å². The quantitative estimate of drug-likeness (QED) is 0.610. The van der Waals surface area contributed by atoms with E-state index in [1.165, 1.54) is 23.1 Å². The van der Waals surface area contributed by atoms with Gasteiger partial charge >= 0.3 is 5.97 Å². The number of benzene rings is 2. The van der Waals surface area contributed by atoms with Gasteiger partial charge in [0.25, 0.3) is 5.91 Å². The van der Waals surface area contributed by atoms with E-state index in [1.54, 1.807) is 23.5 Å². The van der Waals surface area contributed by atoms with Crippen molar-refractivity contribution in [2.24, 2.45) is 0 Å². The van der Waals surface area contributed by atoms with Crippen molar-refractivity contribution >= 4 is 28.2 Å². The number of hydrogen-bond acceptors (Lipinski definition) is 6. The molecule has 5 rings (SSSR count). The van der Waals surface area contributed by atoms with Crippen molar-refractivity contribution in [3.8, 4) is 0 Å². The summed E-state index contributed by atoms with van der Waals surface area (Å²) in [5.41, 5.74) is 4.65. The molecule has 0 spiro atoms. The first kappa shape index (κ1) is 19.8. The maximum atomic E-state index is 13.0. The molecule has 158 valence electrons. The van der Waals surface area contributed by atoms with Crippen LogP contribution >= 0.6 is 11.3 Å². The van der Waals surface area contributed by atoms with Crippen molar-refractivity contribution in [2.45, 2.75) is 25.7 Å². The van der Waals surface area contributed by atoms with Crippen molar-refractivity contribution in [3.05, 3.63) is 87.3 Å². The van der Waals surface area contributed by atoms with Crippen LogP contribution in [0.25, 0.3) is 0 Å². The Morgan fingerprint density at radius 2 is 1.90 bits per heavy atom. The fourth-order valence-corrected chi connectivity index (χ4v) is 5.56. The van der Waals surface area contributed by atoms with Gasteiger partial charge in [0.1, 0.15) is 11.2 Å². The van der Waals surface area contributed by atoms with Crippen molar-refractivity contribution in [2.75, 3.05) is 19.0 Å². The van der Waals surface area contributed by atoms with Gasteiger partial charge in [-0.25, -0.2) is 4.79 Å². The van der Waals surface area contributed by atoms with Crippen LogP contribution in [0.5, 0.6) is 0 Å². The van der Waals surface area contributed by atoms with Gasteiger partial charge in [-0.3, -0.25) is 9.69 Å². The van der Waals surface area contributed by atoms with E-state index in [9.17, 15) is 9.59 Å². The Balaban J connectivity index is 1.34. The van der Waals surface area contributed by atoms with E-state index < -0.39 is 0 Å². The van der Waals surface area contributed by atoms with E-state index in [1.807, 2.05) is 18.2 Å². The van der Waals surface area contributed by atoms with Gasteiger partial charge < -0.3 is 15.4 Å². The third-order valence-corrected chi connectivity index (χ3v) is 6.98. The molecular formula is C24H23N3O3S. The molecule has 0 radical (unpaired) electrons. The van der Waals surface area contributed by atoms with Crippen LogP contribution in [0.4, 0.5) is 5.00 Å². The molecule has 2 aliphatic rings. The minimum Gasteiger partial charge on any atom is -0.465 e. The number of methoxy groups -OCH3 is 1. The van der Waals surface area contributed by atoms with Crippen LogP contribution in [0.1, 0.15) is 48.4 Å². The summed E-state index contributed by atoms with van der Waals surface area (Å²) in [6, 6.07) is 17.6. The van der Waals surface area contributed by atoms with Crippen LogP contribution in [0.15, 0.2) is 54.6 Å². The topological polar surface area (TPSA) is 70.7 Å². The summed E-state index contributed by atoms with van der Waals surface area (Å²) < 4.78 is 4.75. The smallest absolute Gasteiger partial charge is 0.337 e. The van der Waals surface area contributed by atoms with E-state index in [2.05, 4.69) is 39.8 Å². The molecule has 0 saturated carbocycles. The fraction of sp³-hybridized carbons (Fsp3) is 0.250. The summed E-state index contributed by atoms with van der Waals surface area (Å²) >= 11 is 1.68. The van der Waals surface area contributed by atoms with Crippen molar-refractivity contribution in [1.29, 1.82) is 0 Å². The first-order valence-electron chi connectivity index (χ1n) is 10.3. The molecule has 2 aromatic carbocycles. The Kier molecular flexibility index (Phi) is 5.21. The van der Waals surface area contributed by atoms with Crippen LogP contribution in [0.3, 0.4) is 0 Å². The fourth-order valence-electron chi connectivity index (χ4n) is 4.24. The van der Waals surface area contributed by atoms with E-state index >= 15 is 0 Å². The summed E-state index contributed by atoms with van der Waals surface area (Å²) in [6.45, 7) is 2.71. The number of esters is 1. The Morgan fingerprint density at radius 3 is 2.65 bits per heavy atom. The number of fused-ring (bicyclic) bond motifs is 3. The van der Waals surface area contributed by atoms with Gasteiger partial charge in [0.2, 0.25) is 0 Å². The van der Waals surface area contributed by atoms with Gasteiger partial charge in [0.15, 0.2) is 0 Å². The highest BCUT2D eigenvalue weighted by Gasteiger charge is 2.33. The van der Waals surface area contributed by atoms with Crippen LogP contribution in [-0.4, -0.2) is 30.4 Å². The number of amides is 1. The van der Waals surface area contributed by atoms with Crippen molar-refractivity contribution in [1.82, 2.24) is 10.2 Å². The second-order valence-corrected chi connectivity index (χ2v) is 8.92. The Bertz CT molecular complexity index is 1120. The molecule has 7 heteroatoms. The molecule has 2 N–H and O–H groups in total. The molecule has 1 aromatic heterocycles. The van der Waals surface area contributed by atoms with Gasteiger partial charge in [0.05, 0.1) is 18.2 Å². The Hall–Kier alpha value is -3.16. The monoisotopic (exact) mass is 433 g/mol. The summed E-state index contributed by atoms with van der Waals surface area (Å²) in [6.07, 6.45) is 0.550. The lowest BCUT2D eigenvalue weighted by Gasteiger charge is -2.28. The van der Waals surface area contributed by atoms with E-state index in [0.29, 0.717) is 5.56 Å². The molecule has 0 aliphatic carbocycles. The average Bonchev–Trinajstić information content (AvgIpc) is 3.17. The molecule has 6 nitrogen and oxygen atoms in total. The van der Waals surface area contributed by atoms with Crippen molar-refractivity contribution in [3.63, 3.8) is 0 Å². The number of nitrogens with zero attached hydrogens (tertiary/aromatic N) is 1. The number of carbonyl (C=O) groups is 2. The standard InChI is InChI=1S/C24H23N3O3S/c1-30-24(29)17-9-7-16(8-10-17)21-25-22(28)20-18-11-12-27(13-15-5-3-2-4-6-15)14-19(18)31-23(20)26-21/h2-10,21,26H,11-14H2,1H3,(H,25,28)/t21-/m0/s1. The molecule has 3 aromatic rings. The summed E-state index contributed by atoms with van der Waals surface area (Å²) in [5, 5.41) is 7.47. The predicted octanol–water partition coefficient (Wildman–Crippen LogP) is 3.95. The maximum absolute atomic E-state index is 13.0. The van der Waals surface area contributed by atoms with Crippen LogP contribution in [-0.2, 0) is 24.2 Å². The predicted molar refractivity (Wildman–Crippen MR) is 120 cm³/mol. The van der Waals surface area contributed by atoms with Crippen LogP contribution in [0, 0.1) is 0 Å². The van der Waals surface area contributed by atoms with Gasteiger partial charge in [0, 0.05) is 24.5 Å². The number of carbonyl (C=O) groups excluding carboxylic acids is 2. The van der Waals surface area contributed by atoms with E-state index in [0.717, 1.165) is 42.2 Å². The highest BCUT2D eigenvalue weighted by molar-refractivity contribution is 7.16. The lowest BCUT2D eigenvalue weighted by molar-refractivity contribution is 0.0600. The van der Waals surface area contributed by atoms with E-state index in [-0.39, 0.29) is 18.0 Å². The second-order valence-electron chi connectivity index (χ2n) is 7.82. The number of ether oxygens (including phenoxy) is 1. The summed E-state index contributed by atoms with van der Waals surface area (Å²) in [4.78, 5) is 28.3. The minimum absolute atomic E-state index is 0.0372. The molecule has 1 amide bonds. The highest BCUT2D eigenvalue weighted by atomic mass is 32.1. The second kappa shape index (κ2) is 8.17. The molecule has 2 aliphatic heterocycles. The Morgan fingerprint density at radius 1 is 1.13 bits per heavy atom. The summed E-state index contributed by atoms with van der Waals surface area (Å²) in [7, 11) is 1.36. The normalized spacial score (nSPS) is 17.8. The zero-order valence-electron chi connectivity index (χ0n) is 17.2. The number of anilines is 1. The lowest BCUT2D eigenvalue weighted by Crippen LogP contribution is -2.38. The largest absolute Gasteiger partial charge is 0.465 e. The van der Waals surface area contributed by atoms with Gasteiger partial charge in [-0.1, -0.05) is 42.5 Å². The third kappa shape index (κ3) is 3.82. The number of thiophene rings is 1.